The van der Waals surface area contributed by atoms with Crippen LogP contribution in [0.4, 0.5) is 0 Å². The molecule has 0 bridgehead atoms. The average Bonchev–Trinajstić information content (AvgIpc) is 2.79. The van der Waals surface area contributed by atoms with Crippen LogP contribution in [0.2, 0.25) is 0 Å². The van der Waals surface area contributed by atoms with Gasteiger partial charge in [-0.1, -0.05) is 18.2 Å². The number of carbonyl (C=O) groups excluding carboxylic acids is 1. The molecule has 0 unspecified atom stereocenters. The summed E-state index contributed by atoms with van der Waals surface area (Å²) in [5.41, 5.74) is 1.90. The fraction of sp³-hybridized carbons (Fsp3) is 0.458. The van der Waals surface area contributed by atoms with E-state index in [0.717, 1.165) is 24.2 Å². The van der Waals surface area contributed by atoms with Gasteiger partial charge in [0.25, 0.3) is 0 Å². The van der Waals surface area contributed by atoms with Crippen molar-refractivity contribution in [1.29, 1.82) is 0 Å². The molecule has 3 rings (SSSR count). The maximum Gasteiger partial charge on any atom is 0.224 e. The number of methoxy groups -OCH3 is 2. The van der Waals surface area contributed by atoms with Crippen LogP contribution in [0.3, 0.4) is 0 Å². The van der Waals surface area contributed by atoms with Gasteiger partial charge in [0.1, 0.15) is 17.2 Å². The maximum atomic E-state index is 12.7. The molecule has 1 saturated heterocycles. The molecule has 2 aromatic carbocycles. The Hall–Kier alpha value is -2.73. The van der Waals surface area contributed by atoms with Crippen molar-refractivity contribution in [2.75, 3.05) is 40.6 Å². The zero-order valence-electron chi connectivity index (χ0n) is 18.0. The fourth-order valence-corrected chi connectivity index (χ4v) is 3.90. The van der Waals surface area contributed by atoms with Gasteiger partial charge in [0.2, 0.25) is 5.91 Å². The Morgan fingerprint density at radius 2 is 1.73 bits per heavy atom. The number of ether oxygens (including phenoxy) is 4. The predicted molar refractivity (Wildman–Crippen MR) is 116 cm³/mol. The second-order valence-corrected chi connectivity index (χ2v) is 7.48. The molecule has 1 heterocycles. The molecule has 6 nitrogen and oxygen atoms in total. The van der Waals surface area contributed by atoms with Gasteiger partial charge >= 0.3 is 0 Å². The van der Waals surface area contributed by atoms with E-state index in [1.807, 2.05) is 31.2 Å². The van der Waals surface area contributed by atoms with Crippen molar-refractivity contribution in [2.45, 2.75) is 31.6 Å². The number of carbonyl (C=O) groups is 1. The van der Waals surface area contributed by atoms with E-state index < -0.39 is 0 Å². The molecular formula is C24H31NO5. The Balaban J connectivity index is 1.69. The number of benzene rings is 2. The van der Waals surface area contributed by atoms with E-state index in [2.05, 4.69) is 17.4 Å². The quantitative estimate of drug-likeness (QED) is 0.682. The third-order valence-corrected chi connectivity index (χ3v) is 5.70. The number of nitrogens with one attached hydrogen (secondary N) is 1. The van der Waals surface area contributed by atoms with Crippen LogP contribution in [0.15, 0.2) is 42.5 Å². The van der Waals surface area contributed by atoms with Gasteiger partial charge in [-0.2, -0.15) is 0 Å². The summed E-state index contributed by atoms with van der Waals surface area (Å²) in [6.07, 6.45) is 1.99. The van der Waals surface area contributed by atoms with Crippen LogP contribution in [-0.4, -0.2) is 46.5 Å². The Morgan fingerprint density at radius 3 is 2.37 bits per heavy atom. The molecule has 1 amide bonds. The van der Waals surface area contributed by atoms with Crippen molar-refractivity contribution in [1.82, 2.24) is 5.32 Å². The first kappa shape index (κ1) is 22.0. The lowest BCUT2D eigenvalue weighted by Crippen LogP contribution is -2.45. The first-order chi connectivity index (χ1) is 14.6. The normalized spacial score (nSPS) is 15.3. The van der Waals surface area contributed by atoms with Gasteiger partial charge in [-0.25, -0.2) is 0 Å². The van der Waals surface area contributed by atoms with Crippen LogP contribution in [0.5, 0.6) is 17.2 Å². The van der Waals surface area contributed by atoms with Gasteiger partial charge in [-0.05, 0) is 43.5 Å². The molecule has 162 valence electrons. The van der Waals surface area contributed by atoms with Crippen LogP contribution in [0, 0.1) is 0 Å². The highest BCUT2D eigenvalue weighted by Gasteiger charge is 2.35. The molecule has 0 spiro atoms. The van der Waals surface area contributed by atoms with Crippen molar-refractivity contribution >= 4 is 5.91 Å². The molecule has 2 aromatic rings. The molecule has 0 aliphatic carbocycles. The summed E-state index contributed by atoms with van der Waals surface area (Å²) in [6, 6.07) is 13.7. The lowest BCUT2D eigenvalue weighted by Gasteiger charge is -2.38. The van der Waals surface area contributed by atoms with Crippen molar-refractivity contribution < 1.29 is 23.7 Å². The van der Waals surface area contributed by atoms with Crippen molar-refractivity contribution in [2.24, 2.45) is 0 Å². The van der Waals surface area contributed by atoms with Gasteiger partial charge in [-0.3, -0.25) is 4.79 Å². The number of amides is 1. The van der Waals surface area contributed by atoms with Gasteiger partial charge in [0.05, 0.1) is 27.2 Å². The van der Waals surface area contributed by atoms with E-state index in [-0.39, 0.29) is 17.7 Å². The zero-order chi connectivity index (χ0) is 21.4. The van der Waals surface area contributed by atoms with Gasteiger partial charge in [-0.15, -0.1) is 0 Å². The summed E-state index contributed by atoms with van der Waals surface area (Å²) >= 11 is 0. The minimum atomic E-state index is -0.136. The van der Waals surface area contributed by atoms with E-state index in [4.69, 9.17) is 18.9 Å². The standard InChI is InChI=1S/C24H31NO5/c1-4-30-20-9-6-19(7-10-20)24(11-13-29-14-12-24)17-25-23(26)15-18-5-8-21(27-2)16-22(18)28-3/h5-10,16H,4,11-15,17H2,1-3H3,(H,25,26). The lowest BCUT2D eigenvalue weighted by molar-refractivity contribution is -0.121. The molecule has 1 aliphatic rings. The number of rotatable bonds is 9. The second-order valence-electron chi connectivity index (χ2n) is 7.48. The Labute approximate surface area is 178 Å². The molecule has 30 heavy (non-hydrogen) atoms. The molecule has 0 radical (unpaired) electrons. The molecule has 1 fully saturated rings. The van der Waals surface area contributed by atoms with E-state index in [9.17, 15) is 4.79 Å². The molecule has 1 aliphatic heterocycles. The topological polar surface area (TPSA) is 66.0 Å². The molecule has 6 heteroatoms. The summed E-state index contributed by atoms with van der Waals surface area (Å²) < 4.78 is 21.8. The lowest BCUT2D eigenvalue weighted by atomic mass is 9.74. The Morgan fingerprint density at radius 1 is 1.03 bits per heavy atom. The van der Waals surface area contributed by atoms with Crippen LogP contribution >= 0.6 is 0 Å². The minimum absolute atomic E-state index is 0.0322. The van der Waals surface area contributed by atoms with Crippen LogP contribution in [0.25, 0.3) is 0 Å². The zero-order valence-corrected chi connectivity index (χ0v) is 18.0. The Kier molecular flexibility index (Phi) is 7.57. The van der Waals surface area contributed by atoms with Crippen molar-refractivity contribution in [3.63, 3.8) is 0 Å². The summed E-state index contributed by atoms with van der Waals surface area (Å²) in [4.78, 5) is 12.7. The highest BCUT2D eigenvalue weighted by Crippen LogP contribution is 2.35. The molecule has 0 atom stereocenters. The fourth-order valence-electron chi connectivity index (χ4n) is 3.90. The van der Waals surface area contributed by atoms with E-state index in [0.29, 0.717) is 37.9 Å². The van der Waals surface area contributed by atoms with Crippen LogP contribution in [0.1, 0.15) is 30.9 Å². The number of hydrogen-bond acceptors (Lipinski definition) is 5. The monoisotopic (exact) mass is 413 g/mol. The van der Waals surface area contributed by atoms with Gasteiger partial charge < -0.3 is 24.3 Å². The largest absolute Gasteiger partial charge is 0.497 e. The second kappa shape index (κ2) is 10.3. The molecule has 0 saturated carbocycles. The first-order valence-corrected chi connectivity index (χ1v) is 10.4. The van der Waals surface area contributed by atoms with E-state index in [1.54, 1.807) is 20.3 Å². The summed E-state index contributed by atoms with van der Waals surface area (Å²) in [5.74, 6) is 2.18. The number of hydrogen-bond donors (Lipinski definition) is 1. The van der Waals surface area contributed by atoms with Crippen molar-refractivity contribution in [3.05, 3.63) is 53.6 Å². The summed E-state index contributed by atoms with van der Waals surface area (Å²) in [7, 11) is 3.20. The van der Waals surface area contributed by atoms with E-state index in [1.165, 1.54) is 5.56 Å². The highest BCUT2D eigenvalue weighted by molar-refractivity contribution is 5.79. The highest BCUT2D eigenvalue weighted by atomic mass is 16.5. The van der Waals surface area contributed by atoms with E-state index >= 15 is 0 Å². The third kappa shape index (κ3) is 5.25. The smallest absolute Gasteiger partial charge is 0.224 e. The third-order valence-electron chi connectivity index (χ3n) is 5.70. The Bertz CT molecular complexity index is 828. The van der Waals surface area contributed by atoms with Gasteiger partial charge in [0.15, 0.2) is 0 Å². The minimum Gasteiger partial charge on any atom is -0.497 e. The first-order valence-electron chi connectivity index (χ1n) is 10.4. The molecule has 0 aromatic heterocycles. The van der Waals surface area contributed by atoms with Crippen LogP contribution in [-0.2, 0) is 21.4 Å². The summed E-state index contributed by atoms with van der Waals surface area (Å²) in [5, 5.41) is 3.15. The van der Waals surface area contributed by atoms with Crippen LogP contribution < -0.4 is 19.5 Å². The average molecular weight is 414 g/mol. The summed E-state index contributed by atoms with van der Waals surface area (Å²) in [6.45, 7) is 4.57. The van der Waals surface area contributed by atoms with Gasteiger partial charge in [0, 0.05) is 36.8 Å². The predicted octanol–water partition coefficient (Wildman–Crippen LogP) is 3.51. The van der Waals surface area contributed by atoms with Crippen molar-refractivity contribution in [3.8, 4) is 17.2 Å². The molecular weight excluding hydrogens is 382 g/mol. The molecule has 1 N–H and O–H groups in total. The maximum absolute atomic E-state index is 12.7. The SMILES string of the molecule is CCOc1ccc(C2(CNC(=O)Cc3ccc(OC)cc3OC)CCOCC2)cc1.